The van der Waals surface area contributed by atoms with E-state index in [2.05, 4.69) is 14.0 Å². The largest absolute Gasteiger partial charge is 0.505 e. The number of nitrogens with zero attached hydrogens (tertiary/aromatic N) is 1. The lowest BCUT2D eigenvalue weighted by molar-refractivity contribution is -0.126. The van der Waals surface area contributed by atoms with Crippen molar-refractivity contribution in [3.05, 3.63) is 24.0 Å². The van der Waals surface area contributed by atoms with E-state index >= 15 is 0 Å². The van der Waals surface area contributed by atoms with Crippen LogP contribution in [0.25, 0.3) is 0 Å². The number of benzene rings is 1. The highest BCUT2D eigenvalue weighted by molar-refractivity contribution is 7.15. The molecular formula is C12H17FNO5P. The van der Waals surface area contributed by atoms with E-state index in [4.69, 9.17) is 14.6 Å². The Morgan fingerprint density at radius 2 is 2.10 bits per heavy atom. The third-order valence-corrected chi connectivity index (χ3v) is 2.10. The highest BCUT2D eigenvalue weighted by Gasteiger charge is 2.24. The fourth-order valence-electron chi connectivity index (χ4n) is 1.29. The second-order valence-electron chi connectivity index (χ2n) is 3.23. The van der Waals surface area contributed by atoms with Gasteiger partial charge in [0.05, 0.1) is 19.3 Å². The molecular weight excluding hydrogens is 288 g/mol. The minimum Gasteiger partial charge on any atom is -0.505 e. The average Bonchev–Trinajstić information content (AvgIpc) is 2.90. The number of phenols is 1. The van der Waals surface area contributed by atoms with Crippen LogP contribution >= 0.6 is 9.24 Å². The highest BCUT2D eigenvalue weighted by Crippen LogP contribution is 2.24. The highest BCUT2D eigenvalue weighted by atomic mass is 31.0. The molecule has 1 heterocycles. The molecule has 1 aromatic rings. The topological polar surface area (TPSA) is 76.1 Å². The van der Waals surface area contributed by atoms with Crippen LogP contribution in [0.15, 0.2) is 18.2 Å². The Balaban J connectivity index is 0.000000521. The van der Waals surface area contributed by atoms with E-state index in [1.54, 1.807) is 0 Å². The Kier molecular flexibility index (Phi) is 9.04. The van der Waals surface area contributed by atoms with Gasteiger partial charge in [-0.05, 0) is 12.1 Å². The van der Waals surface area contributed by atoms with Crippen LogP contribution < -0.4 is 4.90 Å². The molecule has 1 amide bonds. The van der Waals surface area contributed by atoms with Crippen LogP contribution in [0.2, 0.25) is 0 Å². The van der Waals surface area contributed by atoms with Gasteiger partial charge >= 0.3 is 6.09 Å². The first-order valence-corrected chi connectivity index (χ1v) is 6.72. The molecule has 6 nitrogen and oxygen atoms in total. The molecule has 1 aliphatic heterocycles. The molecule has 0 saturated carbocycles. The molecule has 112 valence electrons. The minimum atomic E-state index is -0.748. The molecule has 1 saturated heterocycles. The first-order valence-electron chi connectivity index (χ1n) is 5.57. The van der Waals surface area contributed by atoms with E-state index in [-0.39, 0.29) is 0 Å². The van der Waals surface area contributed by atoms with Crippen molar-refractivity contribution >= 4 is 27.5 Å². The van der Waals surface area contributed by atoms with Gasteiger partial charge in [-0.25, -0.2) is 9.18 Å². The molecule has 1 unspecified atom stereocenters. The third kappa shape index (κ3) is 5.40. The summed E-state index contributed by atoms with van der Waals surface area (Å²) < 4.78 is 21.5. The van der Waals surface area contributed by atoms with E-state index in [0.717, 1.165) is 6.07 Å². The van der Waals surface area contributed by atoms with Crippen molar-refractivity contribution < 1.29 is 28.6 Å². The summed E-state index contributed by atoms with van der Waals surface area (Å²) in [4.78, 5) is 21.3. The Morgan fingerprint density at radius 1 is 1.50 bits per heavy atom. The molecule has 0 aliphatic carbocycles. The molecule has 0 aromatic heterocycles. The zero-order chi connectivity index (χ0) is 15.5. The van der Waals surface area contributed by atoms with Crippen LogP contribution in [0.4, 0.5) is 14.9 Å². The number of aromatic hydroxyl groups is 1. The molecule has 1 aromatic carbocycles. The lowest BCUT2D eigenvalue weighted by atomic mass is 10.2. The van der Waals surface area contributed by atoms with Gasteiger partial charge in [-0.1, -0.05) is 6.66 Å². The summed E-state index contributed by atoms with van der Waals surface area (Å²) >= 11 is 0. The van der Waals surface area contributed by atoms with E-state index in [1.807, 2.05) is 6.66 Å². The lowest BCUT2D eigenvalue weighted by Gasteiger charge is -2.12. The van der Waals surface area contributed by atoms with Gasteiger partial charge in [0.15, 0.2) is 11.6 Å². The molecule has 2 rings (SSSR count). The summed E-state index contributed by atoms with van der Waals surface area (Å²) in [6, 6.07) is 3.77. The average molecular weight is 305 g/mol. The van der Waals surface area contributed by atoms with Gasteiger partial charge in [0.1, 0.15) is 6.61 Å². The molecule has 1 aliphatic rings. The number of carbonyl (C=O) groups excluding carboxylic acids is 2. The number of carbonyl (C=O) groups is 2. The minimum absolute atomic E-state index is 0.307. The summed E-state index contributed by atoms with van der Waals surface area (Å²) in [6.07, 6.45) is -0.491. The SMILES string of the molecule is COC=O.CP.O=C1OCCN1c1ccc(O)c(F)c1. The monoisotopic (exact) mass is 305 g/mol. The number of amides is 1. The standard InChI is InChI=1S/C9H8FNO3.C2H4O2.CH5P/c10-7-5-6(1-2-8(7)12)11-3-4-14-9(11)13;1-4-2-3;1-2/h1-2,5,12H,3-4H2;2H,1H3;2H2,1H3. The van der Waals surface area contributed by atoms with Crippen molar-refractivity contribution in [1.29, 1.82) is 0 Å². The van der Waals surface area contributed by atoms with Crippen molar-refractivity contribution in [2.24, 2.45) is 0 Å². The van der Waals surface area contributed by atoms with Gasteiger partial charge in [0.25, 0.3) is 6.47 Å². The van der Waals surface area contributed by atoms with Crippen LogP contribution in [0.3, 0.4) is 0 Å². The normalized spacial score (nSPS) is 12.4. The van der Waals surface area contributed by atoms with Crippen LogP contribution in [0, 0.1) is 5.82 Å². The third-order valence-electron chi connectivity index (χ3n) is 2.10. The fourth-order valence-corrected chi connectivity index (χ4v) is 1.29. The van der Waals surface area contributed by atoms with Gasteiger partial charge in [-0.3, -0.25) is 9.69 Å². The molecule has 1 N–H and O–H groups in total. The van der Waals surface area contributed by atoms with Crippen molar-refractivity contribution in [1.82, 2.24) is 0 Å². The van der Waals surface area contributed by atoms with Gasteiger partial charge in [-0.15, -0.1) is 9.24 Å². The number of hydrogen-bond acceptors (Lipinski definition) is 5. The van der Waals surface area contributed by atoms with Crippen molar-refractivity contribution in [2.45, 2.75) is 0 Å². The molecule has 1 fully saturated rings. The second-order valence-corrected chi connectivity index (χ2v) is 3.23. The van der Waals surface area contributed by atoms with Gasteiger partial charge in [-0.2, -0.15) is 0 Å². The lowest BCUT2D eigenvalue weighted by Crippen LogP contribution is -2.23. The van der Waals surface area contributed by atoms with Crippen molar-refractivity contribution in [2.75, 3.05) is 31.8 Å². The van der Waals surface area contributed by atoms with Crippen LogP contribution in [-0.4, -0.2) is 44.6 Å². The summed E-state index contributed by atoms with van der Waals surface area (Å²) in [5.74, 6) is -1.18. The first kappa shape index (κ1) is 18.1. The molecule has 0 bridgehead atoms. The van der Waals surface area contributed by atoms with E-state index in [0.29, 0.717) is 25.3 Å². The Bertz CT molecular complexity index is 444. The second kappa shape index (κ2) is 9.97. The first-order chi connectivity index (χ1) is 9.60. The molecule has 0 radical (unpaired) electrons. The quantitative estimate of drug-likeness (QED) is 0.665. The maximum absolute atomic E-state index is 12.9. The van der Waals surface area contributed by atoms with E-state index in [1.165, 1.54) is 24.1 Å². The van der Waals surface area contributed by atoms with Crippen molar-refractivity contribution in [3.8, 4) is 5.75 Å². The summed E-state index contributed by atoms with van der Waals surface area (Å²) in [5, 5.41) is 8.94. The zero-order valence-electron chi connectivity index (χ0n) is 11.2. The van der Waals surface area contributed by atoms with Crippen LogP contribution in [0.1, 0.15) is 0 Å². The number of cyclic esters (lactones) is 1. The molecule has 20 heavy (non-hydrogen) atoms. The smallest absolute Gasteiger partial charge is 0.414 e. The van der Waals surface area contributed by atoms with Crippen LogP contribution in [0.5, 0.6) is 5.75 Å². The maximum Gasteiger partial charge on any atom is 0.414 e. The molecule has 0 spiro atoms. The van der Waals surface area contributed by atoms with Gasteiger partial charge in [0, 0.05) is 6.07 Å². The van der Waals surface area contributed by atoms with E-state index < -0.39 is 17.7 Å². The van der Waals surface area contributed by atoms with Crippen LogP contribution in [-0.2, 0) is 14.3 Å². The summed E-state index contributed by atoms with van der Waals surface area (Å²) in [7, 11) is 3.73. The molecule has 8 heteroatoms. The Hall–Kier alpha value is -1.88. The predicted octanol–water partition coefficient (Wildman–Crippen LogP) is 1.77. The van der Waals surface area contributed by atoms with Gasteiger partial charge in [0.2, 0.25) is 0 Å². The Labute approximate surface area is 118 Å². The fraction of sp³-hybridized carbons (Fsp3) is 0.333. The summed E-state index contributed by atoms with van der Waals surface area (Å²) in [5.41, 5.74) is 0.391. The maximum atomic E-state index is 12.9. The number of anilines is 1. The number of rotatable bonds is 2. The zero-order valence-corrected chi connectivity index (χ0v) is 12.4. The van der Waals surface area contributed by atoms with E-state index in [9.17, 15) is 9.18 Å². The molecule has 1 atom stereocenters. The number of methoxy groups -OCH3 is 1. The predicted molar refractivity (Wildman–Crippen MR) is 75.5 cm³/mol. The number of phenolic OH excluding ortho intramolecular Hbond substituents is 1. The number of ether oxygens (including phenoxy) is 2. The van der Waals surface area contributed by atoms with Gasteiger partial charge < -0.3 is 14.6 Å². The number of halogens is 1. The Morgan fingerprint density at radius 3 is 2.50 bits per heavy atom. The number of hydrogen-bond donors (Lipinski definition) is 1. The van der Waals surface area contributed by atoms with Crippen molar-refractivity contribution in [3.63, 3.8) is 0 Å². The summed E-state index contributed by atoms with van der Waals surface area (Å²) in [6.45, 7) is 3.00.